The number of hydrogen-bond donors (Lipinski definition) is 1. The molecule has 1 atom stereocenters. The lowest BCUT2D eigenvalue weighted by molar-refractivity contribution is -0.132. The smallest absolute Gasteiger partial charge is 0.300 e. The summed E-state index contributed by atoms with van der Waals surface area (Å²) in [6.07, 6.45) is 0.699. The highest BCUT2D eigenvalue weighted by molar-refractivity contribution is 6.51. The van der Waals surface area contributed by atoms with Crippen molar-refractivity contribution in [1.29, 1.82) is 0 Å². The van der Waals surface area contributed by atoms with Gasteiger partial charge in [0, 0.05) is 17.7 Å². The van der Waals surface area contributed by atoms with E-state index in [1.807, 2.05) is 19.1 Å². The van der Waals surface area contributed by atoms with Gasteiger partial charge in [-0.05, 0) is 60.5 Å². The van der Waals surface area contributed by atoms with Crippen molar-refractivity contribution in [2.45, 2.75) is 19.4 Å². The molecule has 0 radical (unpaired) electrons. The van der Waals surface area contributed by atoms with Crippen LogP contribution < -0.4 is 23.8 Å². The molecule has 1 amide bonds. The van der Waals surface area contributed by atoms with E-state index in [1.165, 1.54) is 26.2 Å². The molecule has 0 saturated carbocycles. The zero-order valence-corrected chi connectivity index (χ0v) is 21.0. The zero-order chi connectivity index (χ0) is 26.3. The van der Waals surface area contributed by atoms with Crippen LogP contribution in [-0.2, 0) is 16.0 Å². The standard InChI is InChI=1S/C29H27NO7/c1-16-5-8-20(9-6-16)30-25(19-14-22(34-2)28(36-4)23(15-19)35-3)24(27(32)29(30)33)26(31)18-7-10-21-17(13-18)11-12-37-21/h5-10,13-15,25,31H,11-12H2,1-4H3/b26-24+. The quantitative estimate of drug-likeness (QED) is 0.300. The lowest BCUT2D eigenvalue weighted by atomic mass is 9.94. The fourth-order valence-electron chi connectivity index (χ4n) is 4.87. The van der Waals surface area contributed by atoms with Crippen molar-refractivity contribution in [1.82, 2.24) is 0 Å². The third kappa shape index (κ3) is 4.04. The van der Waals surface area contributed by atoms with Gasteiger partial charge in [0.25, 0.3) is 11.7 Å². The van der Waals surface area contributed by atoms with Crippen molar-refractivity contribution in [3.8, 4) is 23.0 Å². The topological polar surface area (TPSA) is 94.5 Å². The first-order valence-corrected chi connectivity index (χ1v) is 11.8. The number of anilines is 1. The maximum Gasteiger partial charge on any atom is 0.300 e. The van der Waals surface area contributed by atoms with E-state index in [0.29, 0.717) is 47.1 Å². The number of hydrogen-bond acceptors (Lipinski definition) is 7. The Kier molecular flexibility index (Phi) is 6.25. The van der Waals surface area contributed by atoms with Gasteiger partial charge >= 0.3 is 0 Å². The molecule has 1 fully saturated rings. The molecule has 37 heavy (non-hydrogen) atoms. The molecule has 1 N–H and O–H groups in total. The van der Waals surface area contributed by atoms with E-state index >= 15 is 0 Å². The minimum atomic E-state index is -0.944. The summed E-state index contributed by atoms with van der Waals surface area (Å²) in [6.45, 7) is 2.49. The first-order chi connectivity index (χ1) is 17.9. The number of benzene rings is 3. The molecule has 2 aliphatic heterocycles. The maximum absolute atomic E-state index is 13.5. The summed E-state index contributed by atoms with van der Waals surface area (Å²) in [6, 6.07) is 14.9. The summed E-state index contributed by atoms with van der Waals surface area (Å²) >= 11 is 0. The third-order valence-corrected chi connectivity index (χ3v) is 6.72. The molecule has 0 bridgehead atoms. The van der Waals surface area contributed by atoms with E-state index < -0.39 is 17.7 Å². The molecule has 1 saturated heterocycles. The van der Waals surface area contributed by atoms with E-state index in [4.69, 9.17) is 18.9 Å². The molecule has 8 heteroatoms. The van der Waals surface area contributed by atoms with Gasteiger partial charge in [-0.3, -0.25) is 14.5 Å². The monoisotopic (exact) mass is 501 g/mol. The highest BCUT2D eigenvalue weighted by Crippen LogP contribution is 2.47. The van der Waals surface area contributed by atoms with Crippen LogP contribution in [0.2, 0.25) is 0 Å². The van der Waals surface area contributed by atoms with Gasteiger partial charge in [-0.2, -0.15) is 0 Å². The van der Waals surface area contributed by atoms with E-state index in [2.05, 4.69) is 0 Å². The van der Waals surface area contributed by atoms with Crippen LogP contribution in [0.5, 0.6) is 23.0 Å². The van der Waals surface area contributed by atoms with E-state index in [-0.39, 0.29) is 11.3 Å². The second kappa shape index (κ2) is 9.54. The summed E-state index contributed by atoms with van der Waals surface area (Å²) in [5, 5.41) is 11.5. The number of carbonyl (C=O) groups is 2. The number of aliphatic hydroxyl groups is 1. The Morgan fingerprint density at radius 3 is 2.24 bits per heavy atom. The first-order valence-electron chi connectivity index (χ1n) is 11.8. The molecule has 1 unspecified atom stereocenters. The van der Waals surface area contributed by atoms with Gasteiger partial charge in [-0.1, -0.05) is 17.7 Å². The fourth-order valence-corrected chi connectivity index (χ4v) is 4.87. The van der Waals surface area contributed by atoms with E-state index in [1.54, 1.807) is 42.5 Å². The van der Waals surface area contributed by atoms with Crippen molar-refractivity contribution in [3.63, 3.8) is 0 Å². The second-order valence-electron chi connectivity index (χ2n) is 8.88. The highest BCUT2D eigenvalue weighted by atomic mass is 16.5. The van der Waals surface area contributed by atoms with Crippen LogP contribution in [0.4, 0.5) is 5.69 Å². The minimum Gasteiger partial charge on any atom is -0.507 e. The summed E-state index contributed by atoms with van der Waals surface area (Å²) in [5.74, 6) is 0.0585. The Balaban J connectivity index is 1.75. The molecular weight excluding hydrogens is 474 g/mol. The van der Waals surface area contributed by atoms with E-state index in [0.717, 1.165) is 16.9 Å². The highest BCUT2D eigenvalue weighted by Gasteiger charge is 2.47. The number of amides is 1. The SMILES string of the molecule is COc1cc(C2/C(=C(\O)c3ccc4c(c3)CCO4)C(=O)C(=O)N2c2ccc(C)cc2)cc(OC)c1OC. The number of carbonyl (C=O) groups excluding carboxylic acids is 2. The lowest BCUT2D eigenvalue weighted by Gasteiger charge is -2.26. The normalized spacial score (nSPS) is 17.9. The first kappa shape index (κ1) is 24.2. The Morgan fingerprint density at radius 1 is 0.946 bits per heavy atom. The molecule has 2 aliphatic rings. The second-order valence-corrected chi connectivity index (χ2v) is 8.88. The van der Waals surface area contributed by atoms with Crippen molar-refractivity contribution in [2.75, 3.05) is 32.8 Å². The van der Waals surface area contributed by atoms with Crippen LogP contribution in [0.3, 0.4) is 0 Å². The number of rotatable bonds is 6. The van der Waals surface area contributed by atoms with Gasteiger partial charge in [0.05, 0.1) is 39.6 Å². The molecule has 3 aromatic rings. The molecule has 0 aromatic heterocycles. The number of aryl methyl sites for hydroxylation is 1. The maximum atomic E-state index is 13.5. The van der Waals surface area contributed by atoms with Crippen molar-refractivity contribution in [2.24, 2.45) is 0 Å². The third-order valence-electron chi connectivity index (χ3n) is 6.72. The Bertz CT molecular complexity index is 1400. The molecule has 0 spiro atoms. The van der Waals surface area contributed by atoms with Crippen LogP contribution in [-0.4, -0.2) is 44.7 Å². The minimum absolute atomic E-state index is 0.0290. The Hall–Kier alpha value is -4.46. The summed E-state index contributed by atoms with van der Waals surface area (Å²) < 4.78 is 22.1. The van der Waals surface area contributed by atoms with Crippen LogP contribution in [0.1, 0.15) is 28.3 Å². The number of ketones is 1. The van der Waals surface area contributed by atoms with Gasteiger partial charge in [0.1, 0.15) is 11.5 Å². The fraction of sp³-hybridized carbons (Fsp3) is 0.241. The van der Waals surface area contributed by atoms with Gasteiger partial charge in [0.15, 0.2) is 11.5 Å². The number of aliphatic hydroxyl groups excluding tert-OH is 1. The molecule has 190 valence electrons. The lowest BCUT2D eigenvalue weighted by Crippen LogP contribution is -2.29. The number of fused-ring (bicyclic) bond motifs is 1. The van der Waals surface area contributed by atoms with Crippen LogP contribution in [0.25, 0.3) is 5.76 Å². The van der Waals surface area contributed by atoms with Crippen LogP contribution >= 0.6 is 0 Å². The summed E-state index contributed by atoms with van der Waals surface area (Å²) in [5.41, 5.74) is 3.38. The van der Waals surface area contributed by atoms with Crippen molar-refractivity contribution >= 4 is 23.1 Å². The average Bonchev–Trinajstić information content (AvgIpc) is 3.49. The molecule has 2 heterocycles. The molecule has 0 aliphatic carbocycles. The van der Waals surface area contributed by atoms with Gasteiger partial charge < -0.3 is 24.1 Å². The van der Waals surface area contributed by atoms with Crippen molar-refractivity contribution < 1.29 is 33.6 Å². The average molecular weight is 502 g/mol. The Morgan fingerprint density at radius 2 is 1.62 bits per heavy atom. The molecule has 8 nitrogen and oxygen atoms in total. The zero-order valence-electron chi connectivity index (χ0n) is 21.0. The van der Waals surface area contributed by atoms with Crippen LogP contribution in [0, 0.1) is 6.92 Å². The van der Waals surface area contributed by atoms with Gasteiger partial charge in [-0.25, -0.2) is 0 Å². The largest absolute Gasteiger partial charge is 0.507 e. The summed E-state index contributed by atoms with van der Waals surface area (Å²) in [4.78, 5) is 28.4. The predicted molar refractivity (Wildman–Crippen MR) is 138 cm³/mol. The predicted octanol–water partition coefficient (Wildman–Crippen LogP) is 4.58. The van der Waals surface area contributed by atoms with Crippen molar-refractivity contribution in [3.05, 3.63) is 82.4 Å². The number of nitrogens with zero attached hydrogens (tertiary/aromatic N) is 1. The molecule has 5 rings (SSSR count). The summed E-state index contributed by atoms with van der Waals surface area (Å²) in [7, 11) is 4.48. The van der Waals surface area contributed by atoms with Crippen LogP contribution in [0.15, 0.2) is 60.2 Å². The van der Waals surface area contributed by atoms with Gasteiger partial charge in [-0.15, -0.1) is 0 Å². The van der Waals surface area contributed by atoms with Gasteiger partial charge in [0.2, 0.25) is 5.75 Å². The number of methoxy groups -OCH3 is 3. The molecule has 3 aromatic carbocycles. The number of Topliss-reactive ketones (excluding diaryl/α,β-unsaturated/α-hetero) is 1. The molecular formula is C29H27NO7. The number of ether oxygens (including phenoxy) is 4. The Labute approximate surface area is 214 Å². The van der Waals surface area contributed by atoms with E-state index in [9.17, 15) is 14.7 Å².